The summed E-state index contributed by atoms with van der Waals surface area (Å²) < 4.78 is 6.87. The summed E-state index contributed by atoms with van der Waals surface area (Å²) in [5.74, 6) is 1.73. The third-order valence-corrected chi connectivity index (χ3v) is 4.46. The van der Waals surface area contributed by atoms with E-state index in [9.17, 15) is 0 Å². The van der Waals surface area contributed by atoms with Crippen molar-refractivity contribution in [3.63, 3.8) is 0 Å². The van der Waals surface area contributed by atoms with E-state index in [1.54, 1.807) is 0 Å². The third kappa shape index (κ3) is 2.25. The van der Waals surface area contributed by atoms with Crippen LogP contribution in [0.25, 0.3) is 0 Å². The van der Waals surface area contributed by atoms with Gasteiger partial charge in [-0.15, -0.1) is 11.3 Å². The van der Waals surface area contributed by atoms with Gasteiger partial charge in [-0.05, 0) is 32.4 Å². The fraction of sp³-hybridized carbons (Fsp3) is 0.333. The van der Waals surface area contributed by atoms with Crippen molar-refractivity contribution in [3.05, 3.63) is 42.9 Å². The minimum atomic E-state index is -0.288. The molecule has 0 saturated carbocycles. The average molecular weight is 290 g/mol. The highest BCUT2D eigenvalue weighted by molar-refractivity contribution is 7.20. The lowest BCUT2D eigenvalue weighted by Crippen LogP contribution is -2.13. The Morgan fingerprint density at radius 1 is 1.24 bits per heavy atom. The number of rotatable bonds is 2. The molecule has 92 valence electrons. The zero-order valence-corrected chi connectivity index (χ0v) is 12.1. The number of halogens is 2. The van der Waals surface area contributed by atoms with Crippen LogP contribution in [0.3, 0.4) is 0 Å². The minimum Gasteiger partial charge on any atom is -0.466 e. The Hall–Kier alpha value is -0.480. The first kappa shape index (κ1) is 13.0. The molecule has 5 heteroatoms. The summed E-state index contributed by atoms with van der Waals surface area (Å²) in [7, 11) is 0. The van der Waals surface area contributed by atoms with E-state index < -0.39 is 0 Å². The van der Waals surface area contributed by atoms with E-state index in [4.69, 9.17) is 33.4 Å². The largest absolute Gasteiger partial charge is 0.466 e. The molecule has 0 amide bonds. The molecule has 1 unspecified atom stereocenters. The number of furan rings is 1. The van der Waals surface area contributed by atoms with Crippen molar-refractivity contribution in [2.75, 3.05) is 0 Å². The normalized spacial score (nSPS) is 13.1. The van der Waals surface area contributed by atoms with Gasteiger partial charge in [0.15, 0.2) is 0 Å². The van der Waals surface area contributed by atoms with E-state index in [1.165, 1.54) is 11.3 Å². The molecule has 0 saturated heterocycles. The van der Waals surface area contributed by atoms with Gasteiger partial charge in [-0.1, -0.05) is 23.2 Å². The Kier molecular flexibility index (Phi) is 3.55. The van der Waals surface area contributed by atoms with Gasteiger partial charge in [-0.3, -0.25) is 0 Å². The monoisotopic (exact) mass is 289 g/mol. The third-order valence-electron chi connectivity index (χ3n) is 2.95. The summed E-state index contributed by atoms with van der Waals surface area (Å²) in [5.41, 5.74) is 9.18. The Morgan fingerprint density at radius 3 is 2.29 bits per heavy atom. The highest BCUT2D eigenvalue weighted by atomic mass is 35.5. The first-order valence-electron chi connectivity index (χ1n) is 5.18. The lowest BCUT2D eigenvalue weighted by molar-refractivity contribution is 0.498. The van der Waals surface area contributed by atoms with Crippen LogP contribution < -0.4 is 5.73 Å². The van der Waals surface area contributed by atoms with Crippen molar-refractivity contribution in [3.8, 4) is 0 Å². The van der Waals surface area contributed by atoms with Gasteiger partial charge in [0.1, 0.15) is 11.5 Å². The van der Waals surface area contributed by atoms with Gasteiger partial charge in [-0.2, -0.15) is 0 Å². The molecule has 2 N–H and O–H groups in total. The second-order valence-electron chi connectivity index (χ2n) is 4.01. The fourth-order valence-corrected chi connectivity index (χ4v) is 3.54. The van der Waals surface area contributed by atoms with Gasteiger partial charge in [0.2, 0.25) is 0 Å². The molecule has 0 fully saturated rings. The zero-order chi connectivity index (χ0) is 12.7. The number of aryl methyl sites for hydroxylation is 2. The molecule has 0 radical (unpaired) electrons. The van der Waals surface area contributed by atoms with E-state index in [0.717, 1.165) is 28.2 Å². The topological polar surface area (TPSA) is 39.2 Å². The number of nitrogens with two attached hydrogens (primary N) is 1. The van der Waals surface area contributed by atoms with Crippen LogP contribution in [-0.2, 0) is 0 Å². The molecular weight excluding hydrogens is 277 g/mol. The summed E-state index contributed by atoms with van der Waals surface area (Å²) in [6, 6.07) is 1.53. The van der Waals surface area contributed by atoms with Crippen LogP contribution in [0, 0.1) is 20.8 Å². The maximum absolute atomic E-state index is 6.25. The van der Waals surface area contributed by atoms with Crippen LogP contribution in [0.5, 0.6) is 0 Å². The summed E-state index contributed by atoms with van der Waals surface area (Å²) in [6.07, 6.45) is 0. The number of hydrogen-bond donors (Lipinski definition) is 1. The molecule has 2 heterocycles. The predicted molar refractivity (Wildman–Crippen MR) is 73.3 cm³/mol. The number of hydrogen-bond acceptors (Lipinski definition) is 3. The standard InChI is InChI=1S/C12H13Cl2NOS/c1-5-6(2)16-7(3)10(5)11(15)8-4-9(13)17-12(8)14/h4,11H,15H2,1-3H3. The van der Waals surface area contributed by atoms with Gasteiger partial charge in [0.25, 0.3) is 0 Å². The van der Waals surface area contributed by atoms with Crippen molar-refractivity contribution in [1.82, 2.24) is 0 Å². The fourth-order valence-electron chi connectivity index (χ4n) is 1.99. The molecule has 0 bridgehead atoms. The first-order chi connectivity index (χ1) is 7.91. The molecule has 0 spiro atoms. The Labute approximate surface area is 114 Å². The van der Waals surface area contributed by atoms with Gasteiger partial charge in [0, 0.05) is 11.1 Å². The van der Waals surface area contributed by atoms with Crippen LogP contribution in [0.15, 0.2) is 10.5 Å². The van der Waals surface area contributed by atoms with Gasteiger partial charge < -0.3 is 10.2 Å². The molecule has 0 aliphatic rings. The second kappa shape index (κ2) is 4.65. The molecule has 2 rings (SSSR count). The van der Waals surface area contributed by atoms with Gasteiger partial charge in [-0.25, -0.2) is 0 Å². The van der Waals surface area contributed by atoms with Crippen molar-refractivity contribution in [1.29, 1.82) is 0 Å². The van der Waals surface area contributed by atoms with Crippen LogP contribution in [0.4, 0.5) is 0 Å². The van der Waals surface area contributed by atoms with E-state index >= 15 is 0 Å². The number of thiophene rings is 1. The molecule has 1 atom stereocenters. The van der Waals surface area contributed by atoms with E-state index in [-0.39, 0.29) is 6.04 Å². The molecule has 2 nitrogen and oxygen atoms in total. The zero-order valence-electron chi connectivity index (χ0n) is 9.80. The van der Waals surface area contributed by atoms with E-state index in [0.29, 0.717) is 8.67 Å². The van der Waals surface area contributed by atoms with Crippen LogP contribution in [0.2, 0.25) is 8.67 Å². The van der Waals surface area contributed by atoms with Gasteiger partial charge >= 0.3 is 0 Å². The van der Waals surface area contributed by atoms with Crippen LogP contribution in [0.1, 0.15) is 34.3 Å². The lowest BCUT2D eigenvalue weighted by atomic mass is 9.98. The smallest absolute Gasteiger partial charge is 0.106 e. The Balaban J connectivity index is 2.50. The van der Waals surface area contributed by atoms with Crippen molar-refractivity contribution in [2.45, 2.75) is 26.8 Å². The lowest BCUT2D eigenvalue weighted by Gasteiger charge is -2.11. The maximum atomic E-state index is 6.25. The molecule has 17 heavy (non-hydrogen) atoms. The summed E-state index contributed by atoms with van der Waals surface area (Å²) in [5, 5.41) is 0. The highest BCUT2D eigenvalue weighted by Gasteiger charge is 2.22. The molecule has 2 aromatic heterocycles. The second-order valence-corrected chi connectivity index (χ2v) is 6.30. The first-order valence-corrected chi connectivity index (χ1v) is 6.75. The summed E-state index contributed by atoms with van der Waals surface area (Å²) in [4.78, 5) is 0. The van der Waals surface area contributed by atoms with E-state index in [1.807, 2.05) is 26.8 Å². The molecular formula is C12H13Cl2NOS. The van der Waals surface area contributed by atoms with Crippen molar-refractivity contribution >= 4 is 34.5 Å². The SMILES string of the molecule is Cc1oc(C)c(C(N)c2cc(Cl)sc2Cl)c1C. The average Bonchev–Trinajstić information content (AvgIpc) is 2.68. The molecule has 0 aliphatic carbocycles. The molecule has 0 aliphatic heterocycles. The van der Waals surface area contributed by atoms with Crippen LogP contribution in [-0.4, -0.2) is 0 Å². The Morgan fingerprint density at radius 2 is 1.88 bits per heavy atom. The maximum Gasteiger partial charge on any atom is 0.106 e. The highest BCUT2D eigenvalue weighted by Crippen LogP contribution is 2.38. The quantitative estimate of drug-likeness (QED) is 0.876. The van der Waals surface area contributed by atoms with Crippen molar-refractivity contribution in [2.24, 2.45) is 5.73 Å². The molecule has 2 aromatic rings. The summed E-state index contributed by atoms with van der Waals surface area (Å²) in [6.45, 7) is 5.85. The van der Waals surface area contributed by atoms with Gasteiger partial charge in [0.05, 0.1) is 14.7 Å². The molecule has 0 aromatic carbocycles. The van der Waals surface area contributed by atoms with Crippen LogP contribution >= 0.6 is 34.5 Å². The Bertz CT molecular complexity index is 559. The predicted octanol–water partition coefficient (Wildman–Crippen LogP) is 4.62. The summed E-state index contributed by atoms with van der Waals surface area (Å²) >= 11 is 13.4. The van der Waals surface area contributed by atoms with E-state index in [2.05, 4.69) is 0 Å². The van der Waals surface area contributed by atoms with Crippen molar-refractivity contribution < 1.29 is 4.42 Å². The minimum absolute atomic E-state index is 0.288.